The third-order valence-corrected chi connectivity index (χ3v) is 1.58. The second-order valence-electron chi connectivity index (χ2n) is 2.00. The van der Waals surface area contributed by atoms with Crippen molar-refractivity contribution in [3.05, 3.63) is 34.6 Å². The molecule has 0 saturated carbocycles. The number of rotatable bonds is 1. The van der Waals surface area contributed by atoms with E-state index in [4.69, 9.17) is 11.6 Å². The molecule has 1 aromatic rings. The topological polar surface area (TPSA) is 27.6 Å². The third kappa shape index (κ3) is 1.46. The lowest BCUT2D eigenvalue weighted by Gasteiger charge is -1.95. The van der Waals surface area contributed by atoms with Crippen LogP contribution in [0.3, 0.4) is 0 Å². The minimum absolute atomic E-state index is 0.164. The minimum Gasteiger partial charge on any atom is -0.354 e. The van der Waals surface area contributed by atoms with Gasteiger partial charge in [-0.2, -0.15) is 0 Å². The fourth-order valence-electron chi connectivity index (χ4n) is 0.695. The second-order valence-corrected chi connectivity index (χ2v) is 2.41. The summed E-state index contributed by atoms with van der Waals surface area (Å²) >= 11 is 5.44. The predicted octanol–water partition coefficient (Wildman–Crippen LogP) is 1.22. The zero-order chi connectivity index (χ0) is 7.56. The highest BCUT2D eigenvalue weighted by atomic mass is 35.5. The van der Waals surface area contributed by atoms with Crippen molar-refractivity contribution >= 4 is 11.6 Å². The van der Waals surface area contributed by atoms with Crippen molar-refractivity contribution in [3.63, 3.8) is 0 Å². The third-order valence-electron chi connectivity index (χ3n) is 1.27. The van der Waals surface area contributed by atoms with Gasteiger partial charge in [0, 0.05) is 5.56 Å². The number of benzene rings is 1. The highest BCUT2D eigenvalue weighted by Crippen LogP contribution is 2.14. The van der Waals surface area contributed by atoms with Crippen molar-refractivity contribution in [3.8, 4) is 0 Å². The second kappa shape index (κ2) is 2.99. The molecule has 0 unspecified atom stereocenters. The first-order chi connectivity index (χ1) is 4.74. The average Bonchev–Trinajstić information content (AvgIpc) is 1.95. The first-order valence-corrected chi connectivity index (χ1v) is 3.35. The average molecular weight is 161 g/mol. The molecule has 1 aromatic carbocycles. The van der Waals surface area contributed by atoms with Gasteiger partial charge in [0.05, 0.1) is 11.6 Å². The Morgan fingerprint density at radius 3 is 2.70 bits per heavy atom. The zero-order valence-electron chi connectivity index (χ0n) is 5.40. The smallest absolute Gasteiger partial charge is 0.142 e. The van der Waals surface area contributed by atoms with Gasteiger partial charge in [-0.1, -0.05) is 17.7 Å². The van der Waals surface area contributed by atoms with Crippen LogP contribution < -0.4 is 5.73 Å². The zero-order valence-corrected chi connectivity index (χ0v) is 6.16. The van der Waals surface area contributed by atoms with Crippen LogP contribution in [0.2, 0.25) is 5.02 Å². The summed E-state index contributed by atoms with van der Waals surface area (Å²) in [5, 5.41) is 0.164. The molecular formula is C7H8ClFN+. The summed E-state index contributed by atoms with van der Waals surface area (Å²) in [6.45, 7) is 0.591. The summed E-state index contributed by atoms with van der Waals surface area (Å²) in [5.74, 6) is -0.372. The number of hydrogen-bond acceptors (Lipinski definition) is 0. The Hall–Kier alpha value is -0.600. The maximum atomic E-state index is 12.6. The Balaban J connectivity index is 3.04. The van der Waals surface area contributed by atoms with Crippen LogP contribution in [0.15, 0.2) is 18.2 Å². The highest BCUT2D eigenvalue weighted by Gasteiger charge is 1.99. The van der Waals surface area contributed by atoms with Crippen LogP contribution in [0.4, 0.5) is 4.39 Å². The van der Waals surface area contributed by atoms with Crippen LogP contribution in [-0.4, -0.2) is 0 Å². The molecule has 3 heteroatoms. The Bertz CT molecular complexity index is 237. The minimum atomic E-state index is -0.372. The van der Waals surface area contributed by atoms with Gasteiger partial charge in [-0.15, -0.1) is 0 Å². The lowest BCUT2D eigenvalue weighted by Crippen LogP contribution is -2.47. The molecule has 0 radical (unpaired) electrons. The van der Waals surface area contributed by atoms with Gasteiger partial charge in [0.1, 0.15) is 5.82 Å². The first kappa shape index (κ1) is 7.51. The summed E-state index contributed by atoms with van der Waals surface area (Å²) in [7, 11) is 0. The van der Waals surface area contributed by atoms with Crippen molar-refractivity contribution in [2.45, 2.75) is 6.54 Å². The van der Waals surface area contributed by atoms with Crippen LogP contribution in [0.25, 0.3) is 0 Å². The van der Waals surface area contributed by atoms with Gasteiger partial charge in [0.15, 0.2) is 0 Å². The monoisotopic (exact) mass is 160 g/mol. The molecule has 0 aliphatic carbocycles. The lowest BCUT2D eigenvalue weighted by molar-refractivity contribution is -0.386. The summed E-state index contributed by atoms with van der Waals surface area (Å²) in [4.78, 5) is 0. The van der Waals surface area contributed by atoms with Crippen molar-refractivity contribution in [2.24, 2.45) is 0 Å². The SMILES string of the molecule is [NH3+]Cc1ccc(Cl)c(F)c1. The quantitative estimate of drug-likeness (QED) is 0.640. The highest BCUT2D eigenvalue weighted by molar-refractivity contribution is 6.30. The lowest BCUT2D eigenvalue weighted by atomic mass is 10.2. The molecule has 10 heavy (non-hydrogen) atoms. The molecule has 0 atom stereocenters. The summed E-state index contributed by atoms with van der Waals surface area (Å²) in [6, 6.07) is 4.70. The van der Waals surface area contributed by atoms with E-state index in [1.54, 1.807) is 6.07 Å². The van der Waals surface area contributed by atoms with E-state index in [9.17, 15) is 4.39 Å². The maximum absolute atomic E-state index is 12.6. The summed E-state index contributed by atoms with van der Waals surface area (Å²) in [5.41, 5.74) is 4.48. The summed E-state index contributed by atoms with van der Waals surface area (Å²) in [6.07, 6.45) is 0. The molecule has 0 heterocycles. The van der Waals surface area contributed by atoms with E-state index < -0.39 is 0 Å². The largest absolute Gasteiger partial charge is 0.354 e. The molecule has 0 spiro atoms. The first-order valence-electron chi connectivity index (χ1n) is 2.97. The Morgan fingerprint density at radius 1 is 1.50 bits per heavy atom. The maximum Gasteiger partial charge on any atom is 0.142 e. The van der Waals surface area contributed by atoms with E-state index in [1.165, 1.54) is 12.1 Å². The van der Waals surface area contributed by atoms with Crippen LogP contribution in [0.1, 0.15) is 5.56 Å². The molecule has 0 aliphatic heterocycles. The Kier molecular flexibility index (Phi) is 2.25. The number of quaternary nitrogens is 1. The number of halogens is 2. The molecule has 0 fully saturated rings. The van der Waals surface area contributed by atoms with Crippen LogP contribution in [0, 0.1) is 5.82 Å². The molecule has 54 valence electrons. The molecule has 1 nitrogen and oxygen atoms in total. The number of hydrogen-bond donors (Lipinski definition) is 1. The van der Waals surface area contributed by atoms with Gasteiger partial charge in [0.25, 0.3) is 0 Å². The molecular weight excluding hydrogens is 153 g/mol. The van der Waals surface area contributed by atoms with Crippen molar-refractivity contribution < 1.29 is 10.1 Å². The van der Waals surface area contributed by atoms with Gasteiger partial charge < -0.3 is 5.73 Å². The van der Waals surface area contributed by atoms with Crippen LogP contribution in [0.5, 0.6) is 0 Å². The Morgan fingerprint density at radius 2 is 2.20 bits per heavy atom. The molecule has 0 aromatic heterocycles. The fraction of sp³-hybridized carbons (Fsp3) is 0.143. The van der Waals surface area contributed by atoms with E-state index in [0.29, 0.717) is 6.54 Å². The molecule has 0 bridgehead atoms. The van der Waals surface area contributed by atoms with E-state index in [-0.39, 0.29) is 10.8 Å². The van der Waals surface area contributed by atoms with E-state index in [2.05, 4.69) is 5.73 Å². The van der Waals surface area contributed by atoms with Crippen molar-refractivity contribution in [1.82, 2.24) is 0 Å². The molecule has 0 saturated heterocycles. The van der Waals surface area contributed by atoms with Gasteiger partial charge >= 0.3 is 0 Å². The van der Waals surface area contributed by atoms with Crippen LogP contribution in [-0.2, 0) is 6.54 Å². The van der Waals surface area contributed by atoms with E-state index in [0.717, 1.165) is 5.56 Å². The van der Waals surface area contributed by atoms with E-state index in [1.807, 2.05) is 0 Å². The Labute approximate surface area is 63.6 Å². The van der Waals surface area contributed by atoms with Gasteiger partial charge in [0.2, 0.25) is 0 Å². The summed E-state index contributed by atoms with van der Waals surface area (Å²) < 4.78 is 12.6. The predicted molar refractivity (Wildman–Crippen MR) is 38.0 cm³/mol. The standard InChI is InChI=1S/C7H7ClFN/c8-6-2-1-5(4-10)3-7(6)9/h1-3H,4,10H2/p+1. The van der Waals surface area contributed by atoms with Gasteiger partial charge in [-0.3, -0.25) is 0 Å². The normalized spacial score (nSPS) is 9.90. The molecule has 0 amide bonds. The van der Waals surface area contributed by atoms with Crippen LogP contribution >= 0.6 is 11.6 Å². The van der Waals surface area contributed by atoms with Gasteiger partial charge in [-0.05, 0) is 12.1 Å². The van der Waals surface area contributed by atoms with Crippen molar-refractivity contribution in [1.29, 1.82) is 0 Å². The molecule has 0 aliphatic rings. The van der Waals surface area contributed by atoms with Crippen molar-refractivity contribution in [2.75, 3.05) is 0 Å². The molecule has 3 N–H and O–H groups in total. The molecule has 1 rings (SSSR count). The fourth-order valence-corrected chi connectivity index (χ4v) is 0.813. The van der Waals surface area contributed by atoms with E-state index >= 15 is 0 Å². The van der Waals surface area contributed by atoms with Gasteiger partial charge in [-0.25, -0.2) is 4.39 Å².